The fourth-order valence-electron chi connectivity index (χ4n) is 4.91. The average Bonchev–Trinajstić information content (AvgIpc) is 2.95. The lowest BCUT2D eigenvalue weighted by molar-refractivity contribution is -0.123. The molecule has 0 radical (unpaired) electrons. The molecule has 1 fully saturated rings. The summed E-state index contributed by atoms with van der Waals surface area (Å²) in [5.74, 6) is -0.415. The van der Waals surface area contributed by atoms with E-state index in [-0.39, 0.29) is 11.8 Å². The van der Waals surface area contributed by atoms with Gasteiger partial charge in [0.1, 0.15) is 6.04 Å². The normalized spacial score (nSPS) is 14.6. The lowest BCUT2D eigenvalue weighted by Crippen LogP contribution is -2.47. The summed E-state index contributed by atoms with van der Waals surface area (Å²) < 4.78 is 0. The third kappa shape index (κ3) is 8.07. The first kappa shape index (κ1) is 28.2. The van der Waals surface area contributed by atoms with Crippen LogP contribution in [0.25, 0.3) is 11.1 Å². The zero-order valence-corrected chi connectivity index (χ0v) is 23.1. The van der Waals surface area contributed by atoms with Gasteiger partial charge in [-0.15, -0.1) is 0 Å². The van der Waals surface area contributed by atoms with Crippen LogP contribution in [0.15, 0.2) is 72.8 Å². The van der Waals surface area contributed by atoms with Crippen LogP contribution in [-0.2, 0) is 11.2 Å². The maximum atomic E-state index is 13.5. The molecule has 1 aliphatic rings. The van der Waals surface area contributed by atoms with Gasteiger partial charge in [0.25, 0.3) is 5.91 Å². The highest BCUT2D eigenvalue weighted by Gasteiger charge is 2.23. The third-order valence-corrected chi connectivity index (χ3v) is 7.73. The van der Waals surface area contributed by atoms with Crippen molar-refractivity contribution in [2.24, 2.45) is 0 Å². The zero-order chi connectivity index (χ0) is 26.7. The van der Waals surface area contributed by atoms with Crippen LogP contribution in [0.3, 0.4) is 0 Å². The molecular weight excluding hydrogens is 517 g/mol. The van der Waals surface area contributed by atoms with Gasteiger partial charge in [-0.3, -0.25) is 9.59 Å². The molecule has 2 N–H and O–H groups in total. The van der Waals surface area contributed by atoms with E-state index in [2.05, 4.69) is 15.5 Å². The predicted octanol–water partition coefficient (Wildman–Crippen LogP) is 6.38. The molecule has 1 saturated heterocycles. The SMILES string of the molecule is O=C(N[C@@H](CCCN1CCCCC1)C(=O)NCCc1ccc(Cl)c(Cl)c1)c1ccccc1-c1ccccc1. The molecule has 3 aromatic carbocycles. The third-order valence-electron chi connectivity index (χ3n) is 6.99. The van der Waals surface area contributed by atoms with Gasteiger partial charge in [-0.05, 0) is 86.6 Å². The summed E-state index contributed by atoms with van der Waals surface area (Å²) in [7, 11) is 0. The molecule has 0 spiro atoms. The first-order valence-electron chi connectivity index (χ1n) is 13.4. The van der Waals surface area contributed by atoms with E-state index >= 15 is 0 Å². The summed E-state index contributed by atoms with van der Waals surface area (Å²) in [4.78, 5) is 29.2. The molecule has 1 atom stereocenters. The van der Waals surface area contributed by atoms with E-state index in [0.29, 0.717) is 35.0 Å². The van der Waals surface area contributed by atoms with Gasteiger partial charge in [0.05, 0.1) is 10.0 Å². The van der Waals surface area contributed by atoms with Crippen molar-refractivity contribution in [2.75, 3.05) is 26.2 Å². The van der Waals surface area contributed by atoms with Crippen molar-refractivity contribution in [3.63, 3.8) is 0 Å². The Balaban J connectivity index is 1.42. The van der Waals surface area contributed by atoms with E-state index in [1.807, 2.05) is 66.7 Å². The number of piperidine rings is 1. The molecule has 1 aliphatic heterocycles. The molecule has 0 aliphatic carbocycles. The number of nitrogens with zero attached hydrogens (tertiary/aromatic N) is 1. The highest BCUT2D eigenvalue weighted by atomic mass is 35.5. The van der Waals surface area contributed by atoms with Crippen molar-refractivity contribution in [3.05, 3.63) is 94.0 Å². The second kappa shape index (κ2) is 14.3. The topological polar surface area (TPSA) is 61.4 Å². The van der Waals surface area contributed by atoms with Gasteiger partial charge < -0.3 is 15.5 Å². The van der Waals surface area contributed by atoms with E-state index in [0.717, 1.165) is 42.7 Å². The molecule has 200 valence electrons. The number of halogens is 2. The molecule has 1 heterocycles. The number of likely N-dealkylation sites (tertiary alicyclic amines) is 1. The Morgan fingerprint density at radius 1 is 0.868 bits per heavy atom. The number of hydrogen-bond acceptors (Lipinski definition) is 3. The minimum atomic E-state index is -0.620. The predicted molar refractivity (Wildman–Crippen MR) is 156 cm³/mol. The van der Waals surface area contributed by atoms with Crippen LogP contribution in [0.5, 0.6) is 0 Å². The van der Waals surface area contributed by atoms with Gasteiger partial charge in [-0.2, -0.15) is 0 Å². The first-order valence-corrected chi connectivity index (χ1v) is 14.2. The van der Waals surface area contributed by atoms with Crippen molar-refractivity contribution >= 4 is 35.0 Å². The molecule has 2 amide bonds. The quantitative estimate of drug-likeness (QED) is 0.290. The van der Waals surface area contributed by atoms with Gasteiger partial charge in [0.2, 0.25) is 5.91 Å². The Hall–Kier alpha value is -2.86. The fourth-order valence-corrected chi connectivity index (χ4v) is 5.23. The lowest BCUT2D eigenvalue weighted by Gasteiger charge is -2.27. The number of amides is 2. The minimum Gasteiger partial charge on any atom is -0.354 e. The van der Waals surface area contributed by atoms with Crippen molar-refractivity contribution < 1.29 is 9.59 Å². The smallest absolute Gasteiger partial charge is 0.252 e. The highest BCUT2D eigenvalue weighted by Crippen LogP contribution is 2.24. The van der Waals surface area contributed by atoms with Crippen LogP contribution in [-0.4, -0.2) is 48.9 Å². The van der Waals surface area contributed by atoms with Crippen LogP contribution in [0.1, 0.15) is 48.0 Å². The van der Waals surface area contributed by atoms with Gasteiger partial charge in [-0.25, -0.2) is 0 Å². The summed E-state index contributed by atoms with van der Waals surface area (Å²) in [6.45, 7) is 3.59. The standard InChI is InChI=1S/C31H35Cl2N3O2/c32-27-16-15-23(22-28(27)33)17-18-34-31(38)29(14-9-21-36-19-7-2-8-20-36)35-30(37)26-13-6-5-12-25(26)24-10-3-1-4-11-24/h1,3-6,10-13,15-16,22,29H,2,7-9,14,17-21H2,(H,34,38)(H,35,37)/t29-/m0/s1. The largest absolute Gasteiger partial charge is 0.354 e. The average molecular weight is 553 g/mol. The molecule has 5 nitrogen and oxygen atoms in total. The first-order chi connectivity index (χ1) is 18.5. The molecule has 0 bridgehead atoms. The maximum absolute atomic E-state index is 13.5. The summed E-state index contributed by atoms with van der Waals surface area (Å²) in [6.07, 6.45) is 5.78. The number of hydrogen-bond donors (Lipinski definition) is 2. The number of carbonyl (C=O) groups excluding carboxylic acids is 2. The molecule has 3 aromatic rings. The molecular formula is C31H35Cl2N3O2. The van der Waals surface area contributed by atoms with Gasteiger partial charge in [0.15, 0.2) is 0 Å². The summed E-state index contributed by atoms with van der Waals surface area (Å²) >= 11 is 12.1. The van der Waals surface area contributed by atoms with Crippen molar-refractivity contribution in [2.45, 2.75) is 44.6 Å². The Labute approximate surface area is 235 Å². The number of benzene rings is 3. The number of carbonyl (C=O) groups is 2. The minimum absolute atomic E-state index is 0.172. The summed E-state index contributed by atoms with van der Waals surface area (Å²) in [5, 5.41) is 7.05. The van der Waals surface area contributed by atoms with Gasteiger partial charge >= 0.3 is 0 Å². The molecule has 0 unspecified atom stereocenters. The van der Waals surface area contributed by atoms with Crippen LogP contribution in [0.4, 0.5) is 0 Å². The Morgan fingerprint density at radius 3 is 2.37 bits per heavy atom. The summed E-state index contributed by atoms with van der Waals surface area (Å²) in [5.41, 5.74) is 3.36. The van der Waals surface area contributed by atoms with Crippen LogP contribution >= 0.6 is 23.2 Å². The van der Waals surface area contributed by atoms with Crippen molar-refractivity contribution in [3.8, 4) is 11.1 Å². The van der Waals surface area contributed by atoms with Gasteiger partial charge in [-0.1, -0.05) is 84.2 Å². The molecule has 7 heteroatoms. The van der Waals surface area contributed by atoms with Crippen LogP contribution in [0, 0.1) is 0 Å². The monoisotopic (exact) mass is 551 g/mol. The van der Waals surface area contributed by atoms with E-state index in [1.54, 1.807) is 6.07 Å². The maximum Gasteiger partial charge on any atom is 0.252 e. The van der Waals surface area contributed by atoms with E-state index in [1.165, 1.54) is 19.3 Å². The molecule has 0 saturated carbocycles. The van der Waals surface area contributed by atoms with Crippen LogP contribution in [0.2, 0.25) is 10.0 Å². The number of nitrogens with one attached hydrogen (secondary N) is 2. The Kier molecular flexibility index (Phi) is 10.6. The van der Waals surface area contributed by atoms with Crippen LogP contribution < -0.4 is 10.6 Å². The highest BCUT2D eigenvalue weighted by molar-refractivity contribution is 6.42. The zero-order valence-electron chi connectivity index (χ0n) is 21.6. The van der Waals surface area contributed by atoms with Gasteiger partial charge in [0, 0.05) is 12.1 Å². The summed E-state index contributed by atoms with van der Waals surface area (Å²) in [6, 6.07) is 22.2. The fraction of sp³-hybridized carbons (Fsp3) is 0.355. The molecule has 38 heavy (non-hydrogen) atoms. The molecule has 0 aromatic heterocycles. The van der Waals surface area contributed by atoms with E-state index in [9.17, 15) is 9.59 Å². The second-order valence-electron chi connectivity index (χ2n) is 9.77. The van der Waals surface area contributed by atoms with E-state index in [4.69, 9.17) is 23.2 Å². The Bertz CT molecular complexity index is 1210. The Morgan fingerprint density at radius 2 is 1.61 bits per heavy atom. The lowest BCUT2D eigenvalue weighted by atomic mass is 9.98. The van der Waals surface area contributed by atoms with Crippen molar-refractivity contribution in [1.29, 1.82) is 0 Å². The van der Waals surface area contributed by atoms with Crippen molar-refractivity contribution in [1.82, 2.24) is 15.5 Å². The number of rotatable bonds is 11. The second-order valence-corrected chi connectivity index (χ2v) is 10.6. The molecule has 4 rings (SSSR count). The van der Waals surface area contributed by atoms with E-state index < -0.39 is 6.04 Å².